The second kappa shape index (κ2) is 5.60. The van der Waals surface area contributed by atoms with Gasteiger partial charge in [-0.15, -0.1) is 0 Å². The van der Waals surface area contributed by atoms with Crippen LogP contribution in [-0.4, -0.2) is 9.91 Å². The molecule has 94 valence electrons. The largest absolute Gasteiger partial charge is 0.366 e. The molecule has 1 heterocycles. The predicted molar refractivity (Wildman–Crippen MR) is 69.4 cm³/mol. The maximum Gasteiger partial charge on any atom is 0.274 e. The van der Waals surface area contributed by atoms with E-state index in [1.807, 2.05) is 6.07 Å². The lowest BCUT2D eigenvalue weighted by atomic mass is 10.2. The minimum Gasteiger partial charge on any atom is -0.366 e. The normalized spacial score (nSPS) is 9.63. The fraction of sp³-hybridized carbons (Fsp3) is 0.0769. The summed E-state index contributed by atoms with van der Waals surface area (Å²) in [5.41, 5.74) is 1.11. The van der Waals surface area contributed by atoms with Gasteiger partial charge in [0.05, 0.1) is 16.6 Å². The molecule has 2 rings (SSSR count). The second-order valence-electron chi connectivity index (χ2n) is 3.78. The lowest BCUT2D eigenvalue weighted by molar-refractivity contribution is -0.385. The third kappa shape index (κ3) is 3.04. The summed E-state index contributed by atoms with van der Waals surface area (Å²) in [4.78, 5) is 14.5. The zero-order valence-electron chi connectivity index (χ0n) is 9.91. The van der Waals surface area contributed by atoms with Gasteiger partial charge in [-0.25, -0.2) is 4.98 Å². The van der Waals surface area contributed by atoms with Crippen molar-refractivity contribution in [2.75, 3.05) is 5.32 Å². The van der Waals surface area contributed by atoms with Crippen LogP contribution in [0.3, 0.4) is 0 Å². The molecule has 6 heteroatoms. The number of hydrogen-bond acceptors (Lipinski definition) is 5. The van der Waals surface area contributed by atoms with Gasteiger partial charge in [0.15, 0.2) is 0 Å². The van der Waals surface area contributed by atoms with Crippen LogP contribution in [0.4, 0.5) is 11.5 Å². The quantitative estimate of drug-likeness (QED) is 0.668. The average Bonchev–Trinajstić information content (AvgIpc) is 2.45. The Bertz CT molecular complexity index is 649. The number of anilines is 1. The van der Waals surface area contributed by atoms with Crippen molar-refractivity contribution in [1.29, 1.82) is 5.26 Å². The molecule has 0 atom stereocenters. The van der Waals surface area contributed by atoms with E-state index >= 15 is 0 Å². The molecule has 0 aliphatic carbocycles. The third-order valence-electron chi connectivity index (χ3n) is 2.54. The first kappa shape index (κ1) is 12.5. The van der Waals surface area contributed by atoms with E-state index in [9.17, 15) is 10.1 Å². The van der Waals surface area contributed by atoms with Gasteiger partial charge in [0.1, 0.15) is 5.82 Å². The number of rotatable bonds is 4. The fourth-order valence-corrected chi connectivity index (χ4v) is 1.62. The van der Waals surface area contributed by atoms with Crippen LogP contribution in [0, 0.1) is 21.4 Å². The molecule has 0 saturated heterocycles. The van der Waals surface area contributed by atoms with Gasteiger partial charge in [0.2, 0.25) is 0 Å². The first-order chi connectivity index (χ1) is 9.20. The number of hydrogen-bond donors (Lipinski definition) is 1. The number of nitro groups is 1. The van der Waals surface area contributed by atoms with Crippen LogP contribution in [0.15, 0.2) is 42.6 Å². The lowest BCUT2D eigenvalue weighted by Gasteiger charge is -2.06. The van der Waals surface area contributed by atoms with Gasteiger partial charge in [-0.1, -0.05) is 18.2 Å². The molecule has 0 unspecified atom stereocenters. The van der Waals surface area contributed by atoms with Gasteiger partial charge in [0, 0.05) is 24.4 Å². The Morgan fingerprint density at radius 1 is 1.37 bits per heavy atom. The van der Waals surface area contributed by atoms with E-state index in [0.717, 1.165) is 0 Å². The van der Waals surface area contributed by atoms with Gasteiger partial charge in [-0.3, -0.25) is 10.1 Å². The minimum absolute atomic E-state index is 0.0615. The summed E-state index contributed by atoms with van der Waals surface area (Å²) in [6.07, 6.45) is 1.51. The van der Waals surface area contributed by atoms with Crippen LogP contribution in [0.2, 0.25) is 0 Å². The van der Waals surface area contributed by atoms with E-state index in [-0.39, 0.29) is 12.2 Å². The molecule has 19 heavy (non-hydrogen) atoms. The molecule has 0 spiro atoms. The van der Waals surface area contributed by atoms with Crippen LogP contribution in [0.5, 0.6) is 0 Å². The maximum absolute atomic E-state index is 10.9. The number of para-hydroxylation sites is 1. The Balaban J connectivity index is 2.15. The van der Waals surface area contributed by atoms with Crippen LogP contribution >= 0.6 is 0 Å². The van der Waals surface area contributed by atoms with Crippen LogP contribution in [-0.2, 0) is 6.54 Å². The summed E-state index contributed by atoms with van der Waals surface area (Å²) < 4.78 is 0. The molecule has 2 aromatic rings. The number of nitro benzene ring substituents is 1. The topological polar surface area (TPSA) is 91.8 Å². The molecule has 0 amide bonds. The van der Waals surface area contributed by atoms with Crippen molar-refractivity contribution in [1.82, 2.24) is 4.98 Å². The van der Waals surface area contributed by atoms with Crippen LogP contribution in [0.25, 0.3) is 0 Å². The number of pyridine rings is 1. The van der Waals surface area contributed by atoms with Crippen molar-refractivity contribution in [2.24, 2.45) is 0 Å². The average molecular weight is 254 g/mol. The molecule has 6 nitrogen and oxygen atoms in total. The molecule has 0 bridgehead atoms. The van der Waals surface area contributed by atoms with E-state index in [0.29, 0.717) is 16.9 Å². The third-order valence-corrected chi connectivity index (χ3v) is 2.54. The molecule has 0 aliphatic rings. The maximum atomic E-state index is 10.9. The van der Waals surface area contributed by atoms with E-state index in [2.05, 4.69) is 10.3 Å². The van der Waals surface area contributed by atoms with Crippen molar-refractivity contribution in [2.45, 2.75) is 6.54 Å². The zero-order valence-corrected chi connectivity index (χ0v) is 9.91. The minimum atomic E-state index is -0.420. The number of nitriles is 1. The lowest BCUT2D eigenvalue weighted by Crippen LogP contribution is -2.04. The highest BCUT2D eigenvalue weighted by atomic mass is 16.6. The number of nitrogens with one attached hydrogen (secondary N) is 1. The predicted octanol–water partition coefficient (Wildman–Crippen LogP) is 2.47. The fourth-order valence-electron chi connectivity index (χ4n) is 1.62. The molecule has 0 radical (unpaired) electrons. The van der Waals surface area contributed by atoms with Crippen LogP contribution in [0.1, 0.15) is 11.1 Å². The molecule has 0 saturated carbocycles. The Labute approximate surface area is 109 Å². The monoisotopic (exact) mass is 254 g/mol. The first-order valence-corrected chi connectivity index (χ1v) is 5.53. The van der Waals surface area contributed by atoms with Crippen LogP contribution < -0.4 is 5.32 Å². The SMILES string of the molecule is N#Cc1ccnc(NCc2ccccc2[N+](=O)[O-])c1. The molecule has 1 aromatic heterocycles. The Morgan fingerprint density at radius 2 is 2.16 bits per heavy atom. The number of nitrogens with zero attached hydrogens (tertiary/aromatic N) is 3. The standard InChI is InChI=1S/C13H10N4O2/c14-8-10-5-6-15-13(7-10)16-9-11-3-1-2-4-12(11)17(18)19/h1-7H,9H2,(H,15,16). The molecule has 0 aliphatic heterocycles. The van der Waals surface area contributed by atoms with E-state index in [1.165, 1.54) is 12.3 Å². The van der Waals surface area contributed by atoms with Crippen molar-refractivity contribution < 1.29 is 4.92 Å². The molecular weight excluding hydrogens is 244 g/mol. The molecule has 1 aromatic carbocycles. The van der Waals surface area contributed by atoms with E-state index in [4.69, 9.17) is 5.26 Å². The Morgan fingerprint density at radius 3 is 2.89 bits per heavy atom. The highest BCUT2D eigenvalue weighted by molar-refractivity contribution is 5.46. The van der Waals surface area contributed by atoms with Gasteiger partial charge in [-0.05, 0) is 12.1 Å². The van der Waals surface area contributed by atoms with Gasteiger partial charge in [-0.2, -0.15) is 5.26 Å². The van der Waals surface area contributed by atoms with Gasteiger partial charge in [0.25, 0.3) is 5.69 Å². The van der Waals surface area contributed by atoms with E-state index < -0.39 is 4.92 Å². The summed E-state index contributed by atoms with van der Waals surface area (Å²) in [7, 11) is 0. The van der Waals surface area contributed by atoms with Crippen molar-refractivity contribution in [3.05, 3.63) is 63.8 Å². The molecule has 1 N–H and O–H groups in total. The summed E-state index contributed by atoms with van der Waals surface area (Å²) in [5, 5.41) is 22.6. The Kier molecular flexibility index (Phi) is 3.69. The first-order valence-electron chi connectivity index (χ1n) is 5.53. The van der Waals surface area contributed by atoms with Crippen molar-refractivity contribution >= 4 is 11.5 Å². The second-order valence-corrected chi connectivity index (χ2v) is 3.78. The molecule has 0 fully saturated rings. The summed E-state index contributed by atoms with van der Waals surface area (Å²) in [6, 6.07) is 11.7. The van der Waals surface area contributed by atoms with Crippen molar-refractivity contribution in [3.63, 3.8) is 0 Å². The zero-order chi connectivity index (χ0) is 13.7. The van der Waals surface area contributed by atoms with Crippen molar-refractivity contribution in [3.8, 4) is 6.07 Å². The van der Waals surface area contributed by atoms with E-state index in [1.54, 1.807) is 30.3 Å². The summed E-state index contributed by atoms with van der Waals surface area (Å²) in [6.45, 7) is 0.277. The summed E-state index contributed by atoms with van der Waals surface area (Å²) in [5.74, 6) is 0.511. The molecular formula is C13H10N4O2. The van der Waals surface area contributed by atoms with Gasteiger partial charge >= 0.3 is 0 Å². The Hall–Kier alpha value is -2.94. The number of benzene rings is 1. The highest BCUT2D eigenvalue weighted by Gasteiger charge is 2.11. The van der Waals surface area contributed by atoms with Gasteiger partial charge < -0.3 is 5.32 Å². The smallest absolute Gasteiger partial charge is 0.274 e. The highest BCUT2D eigenvalue weighted by Crippen LogP contribution is 2.18. The number of aromatic nitrogens is 1. The summed E-state index contributed by atoms with van der Waals surface area (Å²) >= 11 is 0.